The van der Waals surface area contributed by atoms with E-state index in [4.69, 9.17) is 10.5 Å². The quantitative estimate of drug-likeness (QED) is 0.584. The Kier molecular flexibility index (Phi) is 3.79. The van der Waals surface area contributed by atoms with Gasteiger partial charge in [-0.15, -0.1) is 0 Å². The van der Waals surface area contributed by atoms with E-state index < -0.39 is 5.97 Å². The summed E-state index contributed by atoms with van der Waals surface area (Å²) in [7, 11) is 0. The number of nitrogens with zero attached hydrogens (tertiary/aromatic N) is 2. The molecule has 1 heterocycles. The zero-order valence-electron chi connectivity index (χ0n) is 8.68. The van der Waals surface area contributed by atoms with Gasteiger partial charge in [-0.1, -0.05) is 0 Å². The predicted molar refractivity (Wildman–Crippen MR) is 55.4 cm³/mol. The van der Waals surface area contributed by atoms with Crippen LogP contribution in [0.15, 0.2) is 24.9 Å². The van der Waals surface area contributed by atoms with Crippen molar-refractivity contribution in [2.45, 2.75) is 20.0 Å². The molecular formula is C10H13N3O2. The van der Waals surface area contributed by atoms with Gasteiger partial charge in [0.15, 0.2) is 0 Å². The van der Waals surface area contributed by atoms with Gasteiger partial charge in [0.2, 0.25) is 0 Å². The standard InChI is InChI=1S/C10H13N3O2/c1-7(2)15-10(14)9(3-11)8-4-12-6-13-5-8/h3-7H,11H2,1-2H3/b9-3+. The van der Waals surface area contributed by atoms with Crippen molar-refractivity contribution in [2.75, 3.05) is 0 Å². The Morgan fingerprint density at radius 3 is 2.53 bits per heavy atom. The lowest BCUT2D eigenvalue weighted by Gasteiger charge is -2.09. The summed E-state index contributed by atoms with van der Waals surface area (Å²) in [6, 6.07) is 0. The minimum absolute atomic E-state index is 0.183. The molecule has 1 aromatic rings. The van der Waals surface area contributed by atoms with E-state index in [0.29, 0.717) is 5.56 Å². The highest BCUT2D eigenvalue weighted by Gasteiger charge is 2.14. The van der Waals surface area contributed by atoms with E-state index in [2.05, 4.69) is 9.97 Å². The van der Waals surface area contributed by atoms with E-state index in [1.807, 2.05) is 0 Å². The molecule has 0 saturated heterocycles. The molecule has 0 atom stereocenters. The Morgan fingerprint density at radius 1 is 1.47 bits per heavy atom. The Morgan fingerprint density at radius 2 is 2.07 bits per heavy atom. The number of aromatic nitrogens is 2. The highest BCUT2D eigenvalue weighted by Crippen LogP contribution is 2.13. The Bertz CT molecular complexity index is 360. The van der Waals surface area contributed by atoms with Crippen LogP contribution >= 0.6 is 0 Å². The number of ether oxygens (including phenoxy) is 1. The van der Waals surface area contributed by atoms with Gasteiger partial charge in [-0.05, 0) is 13.8 Å². The van der Waals surface area contributed by atoms with Gasteiger partial charge in [-0.3, -0.25) is 0 Å². The molecule has 0 aliphatic carbocycles. The Labute approximate surface area is 88.0 Å². The molecule has 0 radical (unpaired) electrons. The third kappa shape index (κ3) is 3.05. The molecule has 15 heavy (non-hydrogen) atoms. The minimum atomic E-state index is -0.470. The first-order valence-corrected chi connectivity index (χ1v) is 4.53. The maximum atomic E-state index is 11.6. The first-order chi connectivity index (χ1) is 7.15. The summed E-state index contributed by atoms with van der Waals surface area (Å²) >= 11 is 0. The lowest BCUT2D eigenvalue weighted by molar-refractivity contribution is -0.140. The van der Waals surface area contributed by atoms with Crippen LogP contribution in [0.5, 0.6) is 0 Å². The van der Waals surface area contributed by atoms with Crippen LogP contribution in [0.3, 0.4) is 0 Å². The molecule has 2 N–H and O–H groups in total. The van der Waals surface area contributed by atoms with E-state index >= 15 is 0 Å². The van der Waals surface area contributed by atoms with Crippen molar-refractivity contribution < 1.29 is 9.53 Å². The second kappa shape index (κ2) is 5.09. The molecular weight excluding hydrogens is 194 g/mol. The van der Waals surface area contributed by atoms with Gasteiger partial charge >= 0.3 is 5.97 Å². The topological polar surface area (TPSA) is 78.1 Å². The molecule has 0 aliphatic rings. The maximum Gasteiger partial charge on any atom is 0.340 e. The molecule has 0 amide bonds. The second-order valence-electron chi connectivity index (χ2n) is 3.16. The van der Waals surface area contributed by atoms with Crippen molar-refractivity contribution in [1.82, 2.24) is 9.97 Å². The van der Waals surface area contributed by atoms with Crippen molar-refractivity contribution in [2.24, 2.45) is 5.73 Å². The normalized spacial score (nSPS) is 11.5. The van der Waals surface area contributed by atoms with E-state index in [9.17, 15) is 4.79 Å². The first kappa shape index (κ1) is 11.2. The number of hydrogen-bond donors (Lipinski definition) is 1. The Hall–Kier alpha value is -1.91. The van der Waals surface area contributed by atoms with Crippen LogP contribution in [-0.2, 0) is 9.53 Å². The molecule has 80 valence electrons. The molecule has 5 heteroatoms. The summed E-state index contributed by atoms with van der Waals surface area (Å²) in [4.78, 5) is 19.2. The molecule has 0 aromatic carbocycles. The fourth-order valence-electron chi connectivity index (χ4n) is 0.998. The third-order valence-corrected chi connectivity index (χ3v) is 1.60. The van der Waals surface area contributed by atoms with Crippen molar-refractivity contribution in [3.63, 3.8) is 0 Å². The fourth-order valence-corrected chi connectivity index (χ4v) is 0.998. The monoisotopic (exact) mass is 207 g/mol. The average Bonchev–Trinajstić information content (AvgIpc) is 2.19. The van der Waals surface area contributed by atoms with Gasteiger partial charge in [-0.2, -0.15) is 0 Å². The highest BCUT2D eigenvalue weighted by atomic mass is 16.5. The van der Waals surface area contributed by atoms with Crippen molar-refractivity contribution in [3.05, 3.63) is 30.5 Å². The van der Waals surface area contributed by atoms with E-state index in [-0.39, 0.29) is 11.7 Å². The minimum Gasteiger partial charge on any atom is -0.459 e. The van der Waals surface area contributed by atoms with Crippen molar-refractivity contribution >= 4 is 11.5 Å². The summed E-state index contributed by atoms with van der Waals surface area (Å²) in [5.41, 5.74) is 6.18. The molecule has 0 bridgehead atoms. The van der Waals surface area contributed by atoms with Crippen LogP contribution in [0, 0.1) is 0 Å². The zero-order valence-corrected chi connectivity index (χ0v) is 8.68. The van der Waals surface area contributed by atoms with Gasteiger partial charge in [0.1, 0.15) is 6.33 Å². The number of nitrogens with two attached hydrogens (primary N) is 1. The van der Waals surface area contributed by atoms with Gasteiger partial charge in [0.25, 0.3) is 0 Å². The molecule has 1 aromatic heterocycles. The first-order valence-electron chi connectivity index (χ1n) is 4.53. The van der Waals surface area contributed by atoms with E-state index in [0.717, 1.165) is 0 Å². The number of esters is 1. The van der Waals surface area contributed by atoms with Crippen LogP contribution < -0.4 is 5.73 Å². The average molecular weight is 207 g/mol. The summed E-state index contributed by atoms with van der Waals surface area (Å²) in [6.07, 6.45) is 5.41. The van der Waals surface area contributed by atoms with Gasteiger partial charge in [0, 0.05) is 24.2 Å². The van der Waals surface area contributed by atoms with Gasteiger partial charge in [0.05, 0.1) is 11.7 Å². The largest absolute Gasteiger partial charge is 0.459 e. The molecule has 0 unspecified atom stereocenters. The fraction of sp³-hybridized carbons (Fsp3) is 0.300. The SMILES string of the molecule is CC(C)OC(=O)/C(=C/N)c1cncnc1. The molecule has 0 spiro atoms. The summed E-state index contributed by atoms with van der Waals surface area (Å²) in [5, 5.41) is 0. The number of hydrogen-bond acceptors (Lipinski definition) is 5. The number of carbonyl (C=O) groups excluding carboxylic acids is 1. The Balaban J connectivity index is 2.87. The van der Waals surface area contributed by atoms with Crippen LogP contribution in [0.2, 0.25) is 0 Å². The summed E-state index contributed by atoms with van der Waals surface area (Å²) in [5.74, 6) is -0.470. The summed E-state index contributed by atoms with van der Waals surface area (Å²) in [6.45, 7) is 3.54. The molecule has 0 fully saturated rings. The third-order valence-electron chi connectivity index (χ3n) is 1.60. The van der Waals surface area contributed by atoms with Gasteiger partial charge < -0.3 is 10.5 Å². The highest BCUT2D eigenvalue weighted by molar-refractivity contribution is 6.16. The number of carbonyl (C=O) groups is 1. The van der Waals surface area contributed by atoms with Crippen molar-refractivity contribution in [1.29, 1.82) is 0 Å². The maximum absolute atomic E-state index is 11.6. The molecule has 1 rings (SSSR count). The van der Waals surface area contributed by atoms with Crippen molar-refractivity contribution in [3.8, 4) is 0 Å². The smallest absolute Gasteiger partial charge is 0.340 e. The van der Waals surface area contributed by atoms with E-state index in [1.165, 1.54) is 24.9 Å². The lowest BCUT2D eigenvalue weighted by atomic mass is 10.1. The van der Waals surface area contributed by atoms with Crippen LogP contribution in [0.4, 0.5) is 0 Å². The zero-order chi connectivity index (χ0) is 11.3. The lowest BCUT2D eigenvalue weighted by Crippen LogP contribution is -2.14. The predicted octanol–water partition coefficient (Wildman–Crippen LogP) is 0.728. The van der Waals surface area contributed by atoms with Crippen LogP contribution in [0.1, 0.15) is 19.4 Å². The molecule has 5 nitrogen and oxygen atoms in total. The van der Waals surface area contributed by atoms with Crippen LogP contribution in [-0.4, -0.2) is 22.0 Å². The summed E-state index contributed by atoms with van der Waals surface area (Å²) < 4.78 is 5.01. The van der Waals surface area contributed by atoms with E-state index in [1.54, 1.807) is 13.8 Å². The molecule has 0 saturated carbocycles. The van der Waals surface area contributed by atoms with Gasteiger partial charge in [-0.25, -0.2) is 14.8 Å². The molecule has 0 aliphatic heterocycles. The second-order valence-corrected chi connectivity index (χ2v) is 3.16. The van der Waals surface area contributed by atoms with Crippen LogP contribution in [0.25, 0.3) is 5.57 Å². The number of rotatable bonds is 3.